The van der Waals surface area contributed by atoms with Crippen molar-refractivity contribution >= 4 is 0 Å². The standard InChI is InChI=1S/C16H15N3O2/c1-10-12(6-7-20-10)15-18-16(21-19-15)14-9-17-8-11-4-2-3-5-13(11)14/h2-7,14,17H,8-9H2,1H3. The molecule has 0 amide bonds. The third kappa shape index (κ3) is 2.06. The van der Waals surface area contributed by atoms with Gasteiger partial charge in [-0.1, -0.05) is 29.4 Å². The lowest BCUT2D eigenvalue weighted by Gasteiger charge is -2.23. The summed E-state index contributed by atoms with van der Waals surface area (Å²) in [7, 11) is 0. The van der Waals surface area contributed by atoms with Crippen LogP contribution in [0.5, 0.6) is 0 Å². The van der Waals surface area contributed by atoms with Gasteiger partial charge in [0.05, 0.1) is 17.7 Å². The molecule has 2 aromatic heterocycles. The van der Waals surface area contributed by atoms with E-state index in [1.165, 1.54) is 11.1 Å². The molecule has 0 spiro atoms. The minimum absolute atomic E-state index is 0.100. The van der Waals surface area contributed by atoms with Gasteiger partial charge in [-0.15, -0.1) is 0 Å². The summed E-state index contributed by atoms with van der Waals surface area (Å²) in [5, 5.41) is 7.49. The van der Waals surface area contributed by atoms with Crippen LogP contribution in [0.25, 0.3) is 11.4 Å². The average Bonchev–Trinajstić information content (AvgIpc) is 3.15. The number of nitrogens with one attached hydrogen (secondary N) is 1. The molecule has 0 aliphatic carbocycles. The molecule has 3 aromatic rings. The smallest absolute Gasteiger partial charge is 0.235 e. The number of rotatable bonds is 2. The van der Waals surface area contributed by atoms with Crippen molar-refractivity contribution in [3.8, 4) is 11.4 Å². The molecule has 4 rings (SSSR count). The third-order valence-electron chi connectivity index (χ3n) is 3.93. The van der Waals surface area contributed by atoms with E-state index in [2.05, 4.69) is 39.7 Å². The van der Waals surface area contributed by atoms with Crippen LogP contribution in [0.15, 0.2) is 45.5 Å². The maximum atomic E-state index is 5.50. The summed E-state index contributed by atoms with van der Waals surface area (Å²) in [4.78, 5) is 4.56. The molecule has 5 nitrogen and oxygen atoms in total. The van der Waals surface area contributed by atoms with Crippen LogP contribution in [0.4, 0.5) is 0 Å². The first kappa shape index (κ1) is 12.3. The Kier molecular flexibility index (Phi) is 2.86. The van der Waals surface area contributed by atoms with E-state index < -0.39 is 0 Å². The van der Waals surface area contributed by atoms with Gasteiger partial charge in [-0.25, -0.2) is 0 Å². The molecule has 0 bridgehead atoms. The monoisotopic (exact) mass is 281 g/mol. The fourth-order valence-corrected chi connectivity index (χ4v) is 2.82. The van der Waals surface area contributed by atoms with Crippen molar-refractivity contribution < 1.29 is 8.94 Å². The van der Waals surface area contributed by atoms with Crippen molar-refractivity contribution in [3.05, 3.63) is 59.4 Å². The molecule has 106 valence electrons. The first-order valence-corrected chi connectivity index (χ1v) is 6.99. The first-order valence-electron chi connectivity index (χ1n) is 6.99. The van der Waals surface area contributed by atoms with Gasteiger partial charge in [-0.2, -0.15) is 4.98 Å². The van der Waals surface area contributed by atoms with Crippen LogP contribution in [-0.4, -0.2) is 16.7 Å². The van der Waals surface area contributed by atoms with Gasteiger partial charge in [0, 0.05) is 13.1 Å². The highest BCUT2D eigenvalue weighted by molar-refractivity contribution is 5.56. The SMILES string of the molecule is Cc1occc1-c1noc(C2CNCc3ccccc32)n1. The van der Waals surface area contributed by atoms with Crippen molar-refractivity contribution in [1.29, 1.82) is 0 Å². The van der Waals surface area contributed by atoms with Crippen LogP contribution < -0.4 is 5.32 Å². The molecular formula is C16H15N3O2. The Morgan fingerprint density at radius 3 is 3.00 bits per heavy atom. The van der Waals surface area contributed by atoms with Crippen molar-refractivity contribution in [2.45, 2.75) is 19.4 Å². The zero-order valence-corrected chi connectivity index (χ0v) is 11.7. The first-order chi connectivity index (χ1) is 10.3. The largest absolute Gasteiger partial charge is 0.469 e. The Hall–Kier alpha value is -2.40. The summed E-state index contributed by atoms with van der Waals surface area (Å²) in [6.07, 6.45) is 1.64. The number of fused-ring (bicyclic) bond motifs is 1. The summed E-state index contributed by atoms with van der Waals surface area (Å²) >= 11 is 0. The predicted molar refractivity (Wildman–Crippen MR) is 76.7 cm³/mol. The fourth-order valence-electron chi connectivity index (χ4n) is 2.82. The number of aromatic nitrogens is 2. The fraction of sp³-hybridized carbons (Fsp3) is 0.250. The molecule has 5 heteroatoms. The van der Waals surface area contributed by atoms with Crippen molar-refractivity contribution in [2.75, 3.05) is 6.54 Å². The normalized spacial score (nSPS) is 17.7. The second-order valence-electron chi connectivity index (χ2n) is 5.23. The van der Waals surface area contributed by atoms with Crippen molar-refractivity contribution in [3.63, 3.8) is 0 Å². The summed E-state index contributed by atoms with van der Waals surface area (Å²) in [6.45, 7) is 3.58. The van der Waals surface area contributed by atoms with E-state index in [9.17, 15) is 0 Å². The molecule has 1 aliphatic rings. The molecule has 1 unspecified atom stereocenters. The molecule has 3 heterocycles. The lowest BCUT2D eigenvalue weighted by Crippen LogP contribution is -2.28. The summed E-state index contributed by atoms with van der Waals surface area (Å²) in [5.74, 6) is 2.12. The predicted octanol–water partition coefficient (Wildman–Crippen LogP) is 2.87. The molecule has 0 radical (unpaired) electrons. The molecule has 1 aromatic carbocycles. The molecule has 0 fully saturated rings. The number of furan rings is 1. The quantitative estimate of drug-likeness (QED) is 0.782. The Morgan fingerprint density at radius 2 is 2.14 bits per heavy atom. The van der Waals surface area contributed by atoms with E-state index in [-0.39, 0.29) is 5.92 Å². The summed E-state index contributed by atoms with van der Waals surface area (Å²) in [6, 6.07) is 10.2. The van der Waals surface area contributed by atoms with Crippen LogP contribution in [0.2, 0.25) is 0 Å². The molecule has 1 N–H and O–H groups in total. The number of benzene rings is 1. The zero-order chi connectivity index (χ0) is 14.2. The molecule has 1 atom stereocenters. The van der Waals surface area contributed by atoms with Crippen LogP contribution in [0.3, 0.4) is 0 Å². The lowest BCUT2D eigenvalue weighted by atomic mass is 9.91. The molecule has 21 heavy (non-hydrogen) atoms. The van der Waals surface area contributed by atoms with E-state index in [1.807, 2.05) is 13.0 Å². The maximum Gasteiger partial charge on any atom is 0.235 e. The maximum absolute atomic E-state index is 5.50. The van der Waals surface area contributed by atoms with Gasteiger partial charge >= 0.3 is 0 Å². The highest BCUT2D eigenvalue weighted by Crippen LogP contribution is 2.30. The van der Waals surface area contributed by atoms with E-state index >= 15 is 0 Å². The van der Waals surface area contributed by atoms with Crippen LogP contribution >= 0.6 is 0 Å². The second-order valence-corrected chi connectivity index (χ2v) is 5.23. The number of hydrogen-bond acceptors (Lipinski definition) is 5. The molecule has 0 saturated carbocycles. The van der Waals surface area contributed by atoms with Gasteiger partial charge in [-0.05, 0) is 24.1 Å². The minimum Gasteiger partial charge on any atom is -0.469 e. The van der Waals surface area contributed by atoms with Crippen molar-refractivity contribution in [2.24, 2.45) is 0 Å². The van der Waals surface area contributed by atoms with Gasteiger partial charge in [0.1, 0.15) is 5.76 Å². The van der Waals surface area contributed by atoms with Crippen LogP contribution in [0, 0.1) is 6.92 Å². The third-order valence-corrected chi connectivity index (χ3v) is 3.93. The highest BCUT2D eigenvalue weighted by atomic mass is 16.5. The lowest BCUT2D eigenvalue weighted by molar-refractivity contribution is 0.356. The van der Waals surface area contributed by atoms with Crippen molar-refractivity contribution in [1.82, 2.24) is 15.5 Å². The molecule has 1 aliphatic heterocycles. The van der Waals surface area contributed by atoms with Gasteiger partial charge in [0.25, 0.3) is 0 Å². The zero-order valence-electron chi connectivity index (χ0n) is 11.7. The Balaban J connectivity index is 1.73. The van der Waals surface area contributed by atoms with Gasteiger partial charge in [0.2, 0.25) is 11.7 Å². The molecular weight excluding hydrogens is 266 g/mol. The van der Waals surface area contributed by atoms with Gasteiger partial charge in [0.15, 0.2) is 0 Å². The molecule has 0 saturated heterocycles. The summed E-state index contributed by atoms with van der Waals surface area (Å²) < 4.78 is 10.8. The summed E-state index contributed by atoms with van der Waals surface area (Å²) in [5.41, 5.74) is 3.42. The van der Waals surface area contributed by atoms with Gasteiger partial charge < -0.3 is 14.3 Å². The van der Waals surface area contributed by atoms with E-state index in [0.29, 0.717) is 11.7 Å². The second kappa shape index (κ2) is 4.86. The number of nitrogens with zero attached hydrogens (tertiary/aromatic N) is 2. The average molecular weight is 281 g/mol. The topological polar surface area (TPSA) is 64.1 Å². The van der Waals surface area contributed by atoms with E-state index in [1.54, 1.807) is 6.26 Å². The van der Waals surface area contributed by atoms with Crippen LogP contribution in [-0.2, 0) is 6.54 Å². The van der Waals surface area contributed by atoms with E-state index in [4.69, 9.17) is 8.94 Å². The number of hydrogen-bond donors (Lipinski definition) is 1. The Morgan fingerprint density at radius 1 is 1.24 bits per heavy atom. The highest BCUT2D eigenvalue weighted by Gasteiger charge is 2.26. The Labute approximate surface area is 122 Å². The van der Waals surface area contributed by atoms with E-state index in [0.717, 1.165) is 24.4 Å². The van der Waals surface area contributed by atoms with Gasteiger partial charge in [-0.3, -0.25) is 0 Å². The minimum atomic E-state index is 0.100. The van der Waals surface area contributed by atoms with Crippen LogP contribution in [0.1, 0.15) is 28.7 Å². The Bertz CT molecular complexity index is 775. The number of aryl methyl sites for hydroxylation is 1.